The Labute approximate surface area is 270 Å². The van der Waals surface area contributed by atoms with Gasteiger partial charge in [-0.1, -0.05) is 99.6 Å². The van der Waals surface area contributed by atoms with E-state index in [1.165, 1.54) is 0 Å². The van der Waals surface area contributed by atoms with Crippen LogP contribution in [0.2, 0.25) is 5.04 Å². The molecule has 2 amide bonds. The third kappa shape index (κ3) is 4.81. The first-order valence-corrected chi connectivity index (χ1v) is 16.2. The molecular formula is C38H34N4O3Si. The Bertz CT molecular complexity index is 2130. The lowest BCUT2D eigenvalue weighted by Crippen LogP contribution is -2.36. The van der Waals surface area contributed by atoms with Crippen molar-refractivity contribution in [2.75, 3.05) is 0 Å². The molecule has 46 heavy (non-hydrogen) atoms. The number of aromatic nitrogens is 3. The molecule has 7 nitrogen and oxygen atoms in total. The predicted octanol–water partition coefficient (Wildman–Crippen LogP) is 7.15. The van der Waals surface area contributed by atoms with Crippen LogP contribution in [0.4, 0.5) is 0 Å². The van der Waals surface area contributed by atoms with Crippen molar-refractivity contribution in [3.8, 4) is 0 Å². The first kappa shape index (κ1) is 29.6. The number of carbonyl (C=O) groups excluding carboxylic acids is 2. The molecule has 0 saturated carbocycles. The van der Waals surface area contributed by atoms with Gasteiger partial charge >= 0.3 is 0 Å². The molecule has 0 atom stereocenters. The largest absolute Gasteiger partial charge is 0.400 e. The van der Waals surface area contributed by atoms with Gasteiger partial charge < -0.3 is 9.41 Å². The summed E-state index contributed by atoms with van der Waals surface area (Å²) in [6, 6.07) is 30.5. The van der Waals surface area contributed by atoms with Crippen molar-refractivity contribution in [2.45, 2.75) is 45.3 Å². The fourth-order valence-corrected chi connectivity index (χ4v) is 7.22. The summed E-state index contributed by atoms with van der Waals surface area (Å²) >= 11 is 0. The number of nitrogens with zero attached hydrogens (tertiary/aromatic N) is 2. The molecule has 0 spiro atoms. The average Bonchev–Trinajstić information content (AvgIpc) is 3.69. The minimum Gasteiger partial charge on any atom is -0.400 e. The number of pyridine rings is 1. The lowest BCUT2D eigenvalue weighted by Gasteiger charge is -2.38. The third-order valence-corrected chi connectivity index (χ3v) is 9.48. The average molecular weight is 623 g/mol. The number of hydrogen-bond donors (Lipinski definition) is 2. The number of imide groups is 1. The molecule has 0 saturated heterocycles. The van der Waals surface area contributed by atoms with Crippen LogP contribution in [0.1, 0.15) is 59.8 Å². The van der Waals surface area contributed by atoms with Gasteiger partial charge in [-0.3, -0.25) is 14.9 Å². The summed E-state index contributed by atoms with van der Waals surface area (Å²) in [4.78, 5) is 30.5. The van der Waals surface area contributed by atoms with E-state index in [1.54, 1.807) is 4.52 Å². The molecule has 0 aliphatic carbocycles. The highest BCUT2D eigenvalue weighted by Crippen LogP contribution is 2.44. The highest BCUT2D eigenvalue weighted by Gasteiger charge is 2.40. The van der Waals surface area contributed by atoms with Gasteiger partial charge in [-0.25, -0.2) is 4.52 Å². The minimum absolute atomic E-state index is 0.0863. The number of benzene rings is 3. The number of carbonyl (C=O) groups is 2. The van der Waals surface area contributed by atoms with Gasteiger partial charge in [0, 0.05) is 34.4 Å². The van der Waals surface area contributed by atoms with Crippen LogP contribution in [0, 0.1) is 13.8 Å². The number of aryl methyl sites for hydroxylation is 2. The summed E-state index contributed by atoms with van der Waals surface area (Å²) < 4.78 is 8.88. The van der Waals surface area contributed by atoms with Crippen molar-refractivity contribution in [1.29, 1.82) is 0 Å². The molecular weight excluding hydrogens is 589 g/mol. The summed E-state index contributed by atoms with van der Waals surface area (Å²) in [7, 11) is 0.173. The maximum absolute atomic E-state index is 13.7. The number of fused-ring (bicyclic) bond motifs is 2. The highest BCUT2D eigenvalue weighted by molar-refractivity contribution is 6.50. The zero-order valence-corrected chi connectivity index (χ0v) is 27.4. The Morgan fingerprint density at radius 1 is 0.783 bits per heavy atom. The Balaban J connectivity index is 1.51. The van der Waals surface area contributed by atoms with Gasteiger partial charge in [0.2, 0.25) is 9.76 Å². The second kappa shape index (κ2) is 11.1. The molecule has 3 aromatic carbocycles. The Kier molecular flexibility index (Phi) is 7.14. The first-order chi connectivity index (χ1) is 22.1. The molecule has 4 heterocycles. The van der Waals surface area contributed by atoms with E-state index >= 15 is 0 Å². The number of rotatable bonds is 7. The number of para-hydroxylation sites is 1. The van der Waals surface area contributed by atoms with Gasteiger partial charge in [0.25, 0.3) is 11.8 Å². The van der Waals surface area contributed by atoms with E-state index in [9.17, 15) is 9.59 Å². The van der Waals surface area contributed by atoms with Crippen LogP contribution >= 0.6 is 0 Å². The maximum Gasteiger partial charge on any atom is 0.259 e. The zero-order chi connectivity index (χ0) is 32.2. The summed E-state index contributed by atoms with van der Waals surface area (Å²) in [5.41, 5.74) is 7.23. The summed E-state index contributed by atoms with van der Waals surface area (Å²) in [6.45, 7) is 10.4. The Morgan fingerprint density at radius 2 is 1.43 bits per heavy atom. The topological polar surface area (TPSA) is 88.5 Å². The highest BCUT2D eigenvalue weighted by atomic mass is 28.2. The molecule has 1 aliphatic heterocycles. The third-order valence-electron chi connectivity index (χ3n) is 8.46. The molecule has 7 rings (SSSR count). The van der Waals surface area contributed by atoms with Gasteiger partial charge in [0.1, 0.15) is 5.60 Å². The summed E-state index contributed by atoms with van der Waals surface area (Å²) in [5.74, 6) is -0.858. The monoisotopic (exact) mass is 622 g/mol. The van der Waals surface area contributed by atoms with Crippen LogP contribution in [-0.2, 0) is 19.6 Å². The second-order valence-corrected chi connectivity index (χ2v) is 14.7. The molecule has 0 unspecified atom stereocenters. The van der Waals surface area contributed by atoms with Crippen LogP contribution in [-0.4, -0.2) is 36.2 Å². The van der Waals surface area contributed by atoms with E-state index in [4.69, 9.17) is 9.52 Å². The number of H-pyrrole nitrogens is 1. The van der Waals surface area contributed by atoms with Crippen molar-refractivity contribution >= 4 is 49.1 Å². The molecule has 2 radical (unpaired) electrons. The summed E-state index contributed by atoms with van der Waals surface area (Å²) in [6.07, 6.45) is 3.73. The van der Waals surface area contributed by atoms with E-state index in [0.717, 1.165) is 33.2 Å². The Hall–Kier alpha value is -5.05. The van der Waals surface area contributed by atoms with Gasteiger partial charge in [-0.05, 0) is 53.3 Å². The van der Waals surface area contributed by atoms with E-state index in [-0.39, 0.29) is 14.8 Å². The van der Waals surface area contributed by atoms with Crippen molar-refractivity contribution in [3.05, 3.63) is 142 Å². The molecule has 1 aliphatic rings. The van der Waals surface area contributed by atoms with Crippen molar-refractivity contribution in [1.82, 2.24) is 19.9 Å². The normalized spacial score (nSPS) is 14.1. The van der Waals surface area contributed by atoms with Gasteiger partial charge in [-0.15, -0.1) is 0 Å². The van der Waals surface area contributed by atoms with Crippen molar-refractivity contribution in [2.24, 2.45) is 0 Å². The number of nitrogens with one attached hydrogen (secondary N) is 2. The van der Waals surface area contributed by atoms with Crippen LogP contribution in [0.5, 0.6) is 0 Å². The van der Waals surface area contributed by atoms with E-state index in [0.29, 0.717) is 33.5 Å². The SMILES string of the molecule is Cc1nn2ccc(C(O[Si]C(C)(C)C)(c3ccccc3)c3ccccc3)cc2c1C1=C(c2c[nH]c3c(C)cccc23)C(=O)NC1=O. The lowest BCUT2D eigenvalue weighted by atomic mass is 9.80. The van der Waals surface area contributed by atoms with Gasteiger partial charge in [0.15, 0.2) is 0 Å². The molecule has 228 valence electrons. The number of aromatic amines is 1. The smallest absolute Gasteiger partial charge is 0.259 e. The quantitative estimate of drug-likeness (QED) is 0.146. The van der Waals surface area contributed by atoms with Crippen LogP contribution < -0.4 is 5.32 Å². The predicted molar refractivity (Wildman–Crippen MR) is 182 cm³/mol. The molecule has 0 bridgehead atoms. The van der Waals surface area contributed by atoms with Crippen LogP contribution in [0.25, 0.3) is 27.6 Å². The van der Waals surface area contributed by atoms with Gasteiger partial charge in [-0.2, -0.15) is 5.10 Å². The second-order valence-electron chi connectivity index (χ2n) is 12.8. The number of hydrogen-bond acceptors (Lipinski definition) is 4. The Morgan fingerprint density at radius 3 is 2.09 bits per heavy atom. The molecule has 8 heteroatoms. The molecule has 6 aromatic rings. The maximum atomic E-state index is 13.7. The van der Waals surface area contributed by atoms with Crippen LogP contribution in [0.3, 0.4) is 0 Å². The van der Waals surface area contributed by atoms with Crippen molar-refractivity contribution < 1.29 is 14.0 Å². The zero-order valence-electron chi connectivity index (χ0n) is 26.4. The first-order valence-electron chi connectivity index (χ1n) is 15.3. The number of amides is 2. The van der Waals surface area contributed by atoms with Gasteiger partial charge in [0.05, 0.1) is 22.4 Å². The fraction of sp³-hybridized carbons (Fsp3) is 0.184. The van der Waals surface area contributed by atoms with Crippen molar-refractivity contribution in [3.63, 3.8) is 0 Å². The standard InChI is InChI=1S/C38H34N4O3Si/c1-23-13-12-18-28-29(22-39-34(23)28)32-33(36(44)40-35(32)43)31-24(2)41-42-20-19-27(21-30(31)42)38(45-46-37(3,4)5,25-14-8-6-9-15-25)26-16-10-7-11-17-26/h6-22,39H,1-5H3,(H,40,43,44). The molecule has 2 N–H and O–H groups in total. The van der Waals surface area contributed by atoms with E-state index in [1.807, 2.05) is 86.9 Å². The molecule has 0 fully saturated rings. The van der Waals surface area contributed by atoms with E-state index < -0.39 is 17.4 Å². The summed E-state index contributed by atoms with van der Waals surface area (Å²) in [5, 5.41) is 8.18. The van der Waals surface area contributed by atoms with Crippen LogP contribution in [0.15, 0.2) is 103 Å². The lowest BCUT2D eigenvalue weighted by molar-refractivity contribution is -0.122. The molecule has 3 aromatic heterocycles. The minimum atomic E-state index is -0.954. The van der Waals surface area contributed by atoms with E-state index in [2.05, 4.69) is 61.4 Å². The fourth-order valence-electron chi connectivity index (χ4n) is 6.41.